The topological polar surface area (TPSA) is 71.5 Å². The third-order valence-electron chi connectivity index (χ3n) is 4.29. The number of nitrogens with zero attached hydrogens (tertiary/aromatic N) is 1. The number of hydrogen-bond donors (Lipinski definition) is 2. The molecule has 0 amide bonds. The van der Waals surface area contributed by atoms with Gasteiger partial charge in [-0.2, -0.15) is 0 Å². The lowest BCUT2D eigenvalue weighted by Gasteiger charge is -2.10. The number of halogens is 1. The SMILES string of the molecule is COc1cc(C(=O)O)ccc1NSc1csc(-c2c(F)ccc3ccccc23)n1. The molecule has 0 aliphatic carbocycles. The van der Waals surface area contributed by atoms with Crippen LogP contribution in [0.3, 0.4) is 0 Å². The first-order valence-electron chi connectivity index (χ1n) is 8.54. The van der Waals surface area contributed by atoms with Crippen LogP contribution in [0.5, 0.6) is 5.75 Å². The minimum absolute atomic E-state index is 0.139. The van der Waals surface area contributed by atoms with Gasteiger partial charge in [-0.25, -0.2) is 14.2 Å². The lowest BCUT2D eigenvalue weighted by Crippen LogP contribution is -1.99. The second-order valence-electron chi connectivity index (χ2n) is 6.06. The summed E-state index contributed by atoms with van der Waals surface area (Å²) in [7, 11) is 1.47. The fourth-order valence-electron chi connectivity index (χ4n) is 2.90. The first-order valence-corrected chi connectivity index (χ1v) is 10.2. The molecule has 146 valence electrons. The maximum atomic E-state index is 14.5. The number of hydrogen-bond acceptors (Lipinski definition) is 6. The smallest absolute Gasteiger partial charge is 0.335 e. The van der Waals surface area contributed by atoms with Gasteiger partial charge in [-0.05, 0) is 35.0 Å². The molecule has 1 heterocycles. The zero-order chi connectivity index (χ0) is 20.4. The van der Waals surface area contributed by atoms with Gasteiger partial charge in [0.1, 0.15) is 21.6 Å². The van der Waals surface area contributed by atoms with Crippen LogP contribution in [0, 0.1) is 5.82 Å². The van der Waals surface area contributed by atoms with Gasteiger partial charge in [0, 0.05) is 17.3 Å². The molecule has 29 heavy (non-hydrogen) atoms. The Morgan fingerprint density at radius 1 is 1.21 bits per heavy atom. The van der Waals surface area contributed by atoms with Crippen molar-refractivity contribution in [3.63, 3.8) is 0 Å². The number of nitrogens with one attached hydrogen (secondary N) is 1. The fourth-order valence-corrected chi connectivity index (χ4v) is 4.56. The quantitative estimate of drug-likeness (QED) is 0.373. The Balaban J connectivity index is 1.59. The highest BCUT2D eigenvalue weighted by Gasteiger charge is 2.15. The van der Waals surface area contributed by atoms with Gasteiger partial charge in [-0.15, -0.1) is 11.3 Å². The van der Waals surface area contributed by atoms with E-state index in [1.807, 2.05) is 29.6 Å². The van der Waals surface area contributed by atoms with E-state index in [0.717, 1.165) is 10.8 Å². The number of thiazole rings is 1. The van der Waals surface area contributed by atoms with Crippen molar-refractivity contribution in [1.29, 1.82) is 0 Å². The monoisotopic (exact) mass is 426 g/mol. The summed E-state index contributed by atoms with van der Waals surface area (Å²) in [6, 6.07) is 15.4. The fraction of sp³-hybridized carbons (Fsp3) is 0.0476. The van der Waals surface area contributed by atoms with Crippen molar-refractivity contribution in [2.45, 2.75) is 5.03 Å². The summed E-state index contributed by atoms with van der Waals surface area (Å²) in [6.07, 6.45) is 0. The lowest BCUT2D eigenvalue weighted by molar-refractivity contribution is 0.0696. The molecule has 4 aromatic rings. The van der Waals surface area contributed by atoms with E-state index in [-0.39, 0.29) is 11.4 Å². The lowest BCUT2D eigenvalue weighted by atomic mass is 10.0. The zero-order valence-corrected chi connectivity index (χ0v) is 16.8. The summed E-state index contributed by atoms with van der Waals surface area (Å²) in [5, 5.41) is 14.0. The van der Waals surface area contributed by atoms with E-state index < -0.39 is 5.97 Å². The second kappa shape index (κ2) is 8.10. The molecule has 0 spiro atoms. The highest BCUT2D eigenvalue weighted by molar-refractivity contribution is 8.00. The number of aromatic nitrogens is 1. The van der Waals surface area contributed by atoms with Crippen molar-refractivity contribution in [2.75, 3.05) is 11.8 Å². The average molecular weight is 426 g/mol. The molecular formula is C21H15FN2O3S2. The van der Waals surface area contributed by atoms with E-state index in [2.05, 4.69) is 9.71 Å². The number of rotatable bonds is 6. The van der Waals surface area contributed by atoms with Crippen LogP contribution < -0.4 is 9.46 Å². The number of aromatic carboxylic acids is 1. The van der Waals surface area contributed by atoms with Gasteiger partial charge < -0.3 is 14.6 Å². The van der Waals surface area contributed by atoms with Crippen molar-refractivity contribution in [2.24, 2.45) is 0 Å². The molecule has 0 fully saturated rings. The standard InChI is InChI=1S/C21H15FN2O3S2/c1-27-17-10-13(21(25)26)7-9-16(17)24-29-18-11-28-20(23-18)19-14-5-3-2-4-12(14)6-8-15(19)22/h2-11,24H,1H3,(H,25,26). The van der Waals surface area contributed by atoms with Crippen LogP contribution >= 0.6 is 23.3 Å². The van der Waals surface area contributed by atoms with Gasteiger partial charge in [0.25, 0.3) is 0 Å². The van der Waals surface area contributed by atoms with Gasteiger partial charge in [-0.3, -0.25) is 0 Å². The molecule has 0 saturated carbocycles. The van der Waals surface area contributed by atoms with Gasteiger partial charge in [-0.1, -0.05) is 30.3 Å². The summed E-state index contributed by atoms with van der Waals surface area (Å²) in [5.41, 5.74) is 1.25. The van der Waals surface area contributed by atoms with E-state index in [9.17, 15) is 9.18 Å². The van der Waals surface area contributed by atoms with Crippen molar-refractivity contribution in [3.05, 3.63) is 71.4 Å². The first-order chi connectivity index (χ1) is 14.1. The summed E-state index contributed by atoms with van der Waals surface area (Å²) >= 11 is 2.61. The van der Waals surface area contributed by atoms with E-state index in [1.54, 1.807) is 12.1 Å². The minimum atomic E-state index is -1.02. The third-order valence-corrected chi connectivity index (χ3v) is 6.04. The first kappa shape index (κ1) is 19.2. The predicted molar refractivity (Wildman–Crippen MR) is 114 cm³/mol. The van der Waals surface area contributed by atoms with Crippen molar-refractivity contribution in [3.8, 4) is 16.3 Å². The molecule has 0 aliphatic heterocycles. The molecule has 4 rings (SSSR count). The number of anilines is 1. The Kier molecular flexibility index (Phi) is 5.37. The number of benzene rings is 3. The molecule has 1 aromatic heterocycles. The molecule has 0 aliphatic rings. The van der Waals surface area contributed by atoms with Crippen LogP contribution in [0.2, 0.25) is 0 Å². The molecule has 0 atom stereocenters. The number of ether oxygens (including phenoxy) is 1. The summed E-state index contributed by atoms with van der Waals surface area (Å²) in [6.45, 7) is 0. The van der Waals surface area contributed by atoms with Crippen molar-refractivity contribution in [1.82, 2.24) is 4.98 Å². The van der Waals surface area contributed by atoms with Gasteiger partial charge >= 0.3 is 5.97 Å². The Hall–Kier alpha value is -3.10. The van der Waals surface area contributed by atoms with E-state index in [4.69, 9.17) is 9.84 Å². The normalized spacial score (nSPS) is 10.8. The predicted octanol–water partition coefficient (Wildman–Crippen LogP) is 5.93. The average Bonchev–Trinajstić information content (AvgIpc) is 3.20. The number of carboxylic acids is 1. The van der Waals surface area contributed by atoms with Crippen LogP contribution in [-0.4, -0.2) is 23.2 Å². The molecular weight excluding hydrogens is 411 g/mol. The Bertz CT molecular complexity index is 1210. The molecule has 0 radical (unpaired) electrons. The van der Waals surface area contributed by atoms with Crippen LogP contribution in [0.1, 0.15) is 10.4 Å². The van der Waals surface area contributed by atoms with Gasteiger partial charge in [0.15, 0.2) is 0 Å². The van der Waals surface area contributed by atoms with E-state index in [0.29, 0.717) is 27.0 Å². The molecule has 0 bridgehead atoms. The molecule has 3 aromatic carbocycles. The number of fused-ring (bicyclic) bond motifs is 1. The maximum absolute atomic E-state index is 14.5. The minimum Gasteiger partial charge on any atom is -0.495 e. The largest absolute Gasteiger partial charge is 0.495 e. The Morgan fingerprint density at radius 2 is 2.03 bits per heavy atom. The van der Waals surface area contributed by atoms with Gasteiger partial charge in [0.2, 0.25) is 0 Å². The van der Waals surface area contributed by atoms with E-state index >= 15 is 0 Å². The molecule has 0 saturated heterocycles. The Labute approximate surface area is 174 Å². The van der Waals surface area contributed by atoms with Crippen LogP contribution in [0.4, 0.5) is 10.1 Å². The molecule has 0 unspecified atom stereocenters. The van der Waals surface area contributed by atoms with Crippen LogP contribution in [0.25, 0.3) is 21.3 Å². The number of methoxy groups -OCH3 is 1. The van der Waals surface area contributed by atoms with Crippen LogP contribution in [0.15, 0.2) is 65.0 Å². The van der Waals surface area contributed by atoms with Crippen LogP contribution in [-0.2, 0) is 0 Å². The highest BCUT2D eigenvalue weighted by Crippen LogP contribution is 2.36. The van der Waals surface area contributed by atoms with Gasteiger partial charge in [0.05, 0.1) is 23.9 Å². The number of carboxylic acid groups (broad SMARTS) is 1. The maximum Gasteiger partial charge on any atom is 0.335 e. The Morgan fingerprint density at radius 3 is 2.83 bits per heavy atom. The summed E-state index contributed by atoms with van der Waals surface area (Å²) in [5.74, 6) is -0.926. The third kappa shape index (κ3) is 3.90. The molecule has 8 heteroatoms. The van der Waals surface area contributed by atoms with Crippen molar-refractivity contribution >= 4 is 45.7 Å². The summed E-state index contributed by atoms with van der Waals surface area (Å²) in [4.78, 5) is 15.6. The summed E-state index contributed by atoms with van der Waals surface area (Å²) < 4.78 is 22.9. The number of carbonyl (C=O) groups is 1. The zero-order valence-electron chi connectivity index (χ0n) is 15.2. The second-order valence-corrected chi connectivity index (χ2v) is 7.74. The van der Waals surface area contributed by atoms with Crippen molar-refractivity contribution < 1.29 is 19.0 Å². The molecule has 2 N–H and O–H groups in total. The highest BCUT2D eigenvalue weighted by atomic mass is 32.2. The molecule has 5 nitrogen and oxygen atoms in total. The van der Waals surface area contributed by atoms with E-state index in [1.165, 1.54) is 48.6 Å².